The molecule has 2 fully saturated rings. The number of carbonyl (C=O) groups excluding carboxylic acids is 1. The molecule has 1 unspecified atom stereocenters. The average Bonchev–Trinajstić information content (AvgIpc) is 2.45. The van der Waals surface area contributed by atoms with E-state index in [1.165, 1.54) is 24.8 Å². The lowest BCUT2D eigenvalue weighted by molar-refractivity contribution is -0.140. The lowest BCUT2D eigenvalue weighted by atomic mass is 9.79. The second kappa shape index (κ2) is 6.71. The van der Waals surface area contributed by atoms with Gasteiger partial charge in [0.2, 0.25) is 0 Å². The molecule has 1 aromatic rings. The summed E-state index contributed by atoms with van der Waals surface area (Å²) in [6.45, 7) is 0.877. The molecule has 1 aliphatic carbocycles. The number of ether oxygens (including phenoxy) is 1. The van der Waals surface area contributed by atoms with E-state index < -0.39 is 11.5 Å². The molecule has 1 amide bonds. The number of carboxylic acid groups (broad SMARTS) is 1. The van der Waals surface area contributed by atoms with E-state index in [-0.39, 0.29) is 18.9 Å². The number of aliphatic carboxylic acids is 1. The largest absolute Gasteiger partial charge is 0.481 e. The van der Waals surface area contributed by atoms with Gasteiger partial charge in [-0.3, -0.25) is 9.59 Å². The monoisotopic (exact) mass is 317 g/mol. The number of amides is 1. The van der Waals surface area contributed by atoms with Gasteiger partial charge in [-0.05, 0) is 49.3 Å². The van der Waals surface area contributed by atoms with Gasteiger partial charge >= 0.3 is 5.97 Å². The predicted molar refractivity (Wildman–Crippen MR) is 85.5 cm³/mol. The smallest absolute Gasteiger partial charge is 0.305 e. The first-order valence-corrected chi connectivity index (χ1v) is 8.30. The Labute approximate surface area is 136 Å². The van der Waals surface area contributed by atoms with E-state index in [0.29, 0.717) is 24.5 Å². The highest BCUT2D eigenvalue weighted by Gasteiger charge is 2.37. The molecule has 1 saturated heterocycles. The summed E-state index contributed by atoms with van der Waals surface area (Å²) in [5, 5.41) is 12.1. The summed E-state index contributed by atoms with van der Waals surface area (Å²) in [5.41, 5.74) is 1.01. The summed E-state index contributed by atoms with van der Waals surface area (Å²) >= 11 is 0. The molecule has 2 aliphatic rings. The quantitative estimate of drug-likeness (QED) is 0.875. The highest BCUT2D eigenvalue weighted by Crippen LogP contribution is 2.36. The van der Waals surface area contributed by atoms with Crippen LogP contribution in [0.15, 0.2) is 24.3 Å². The van der Waals surface area contributed by atoms with Gasteiger partial charge in [-0.2, -0.15) is 0 Å². The van der Waals surface area contributed by atoms with Crippen molar-refractivity contribution in [3.8, 4) is 0 Å². The fourth-order valence-electron chi connectivity index (χ4n) is 3.41. The van der Waals surface area contributed by atoms with E-state index in [1.54, 1.807) is 6.07 Å². The van der Waals surface area contributed by atoms with Gasteiger partial charge in [0.15, 0.2) is 0 Å². The van der Waals surface area contributed by atoms with Crippen LogP contribution in [0.2, 0.25) is 0 Å². The molecule has 0 spiro atoms. The van der Waals surface area contributed by atoms with Crippen molar-refractivity contribution in [1.82, 2.24) is 5.32 Å². The Kier molecular flexibility index (Phi) is 4.66. The first-order chi connectivity index (χ1) is 11.1. The molecular weight excluding hydrogens is 294 g/mol. The van der Waals surface area contributed by atoms with Crippen molar-refractivity contribution in [2.75, 3.05) is 13.2 Å². The topological polar surface area (TPSA) is 75.6 Å². The lowest BCUT2D eigenvalue weighted by Crippen LogP contribution is -2.55. The van der Waals surface area contributed by atoms with Crippen molar-refractivity contribution in [3.05, 3.63) is 35.4 Å². The molecule has 5 nitrogen and oxygen atoms in total. The molecule has 0 radical (unpaired) electrons. The Balaban J connectivity index is 1.74. The van der Waals surface area contributed by atoms with Crippen LogP contribution in [-0.4, -0.2) is 35.7 Å². The predicted octanol–water partition coefficient (Wildman–Crippen LogP) is 2.71. The fraction of sp³-hybridized carbons (Fsp3) is 0.556. The van der Waals surface area contributed by atoms with Crippen LogP contribution in [0.25, 0.3) is 0 Å². The van der Waals surface area contributed by atoms with Gasteiger partial charge in [-0.25, -0.2) is 0 Å². The third-order valence-electron chi connectivity index (χ3n) is 4.92. The molecule has 0 aromatic heterocycles. The number of carbonyl (C=O) groups is 2. The molecule has 5 heteroatoms. The van der Waals surface area contributed by atoms with Crippen LogP contribution in [0.4, 0.5) is 0 Å². The van der Waals surface area contributed by atoms with Gasteiger partial charge in [0.1, 0.15) is 0 Å². The van der Waals surface area contributed by atoms with Crippen LogP contribution in [0.3, 0.4) is 0 Å². The van der Waals surface area contributed by atoms with Crippen LogP contribution in [0.5, 0.6) is 0 Å². The average molecular weight is 317 g/mol. The van der Waals surface area contributed by atoms with E-state index in [4.69, 9.17) is 9.84 Å². The normalized spacial score (nSPS) is 24.7. The first kappa shape index (κ1) is 16.0. The van der Waals surface area contributed by atoms with Crippen LogP contribution in [-0.2, 0) is 9.53 Å². The molecule has 124 valence electrons. The van der Waals surface area contributed by atoms with Crippen molar-refractivity contribution < 1.29 is 19.4 Å². The minimum absolute atomic E-state index is 0.110. The third-order valence-corrected chi connectivity index (χ3v) is 4.92. The van der Waals surface area contributed by atoms with Crippen LogP contribution >= 0.6 is 0 Å². The Bertz CT molecular complexity index is 588. The van der Waals surface area contributed by atoms with Gasteiger partial charge in [-0.15, -0.1) is 0 Å². The molecule has 1 atom stereocenters. The van der Waals surface area contributed by atoms with Gasteiger partial charge in [0.05, 0.1) is 18.6 Å². The van der Waals surface area contributed by atoms with Crippen molar-refractivity contribution in [1.29, 1.82) is 0 Å². The summed E-state index contributed by atoms with van der Waals surface area (Å²) in [6.07, 6.45) is 4.90. The lowest BCUT2D eigenvalue weighted by Gasteiger charge is -2.36. The van der Waals surface area contributed by atoms with E-state index in [1.807, 2.05) is 12.1 Å². The van der Waals surface area contributed by atoms with Gasteiger partial charge in [0.25, 0.3) is 5.91 Å². The zero-order valence-corrected chi connectivity index (χ0v) is 13.2. The summed E-state index contributed by atoms with van der Waals surface area (Å²) in [4.78, 5) is 23.8. The Hall–Kier alpha value is -1.88. The molecule has 1 aromatic carbocycles. The van der Waals surface area contributed by atoms with E-state index in [0.717, 1.165) is 6.42 Å². The Morgan fingerprint density at radius 1 is 1.30 bits per heavy atom. The summed E-state index contributed by atoms with van der Waals surface area (Å²) in [7, 11) is 0. The molecule has 23 heavy (non-hydrogen) atoms. The van der Waals surface area contributed by atoms with Crippen molar-refractivity contribution in [2.45, 2.75) is 50.0 Å². The summed E-state index contributed by atoms with van der Waals surface area (Å²) in [6, 6.07) is 7.70. The van der Waals surface area contributed by atoms with Crippen LogP contribution in [0, 0.1) is 0 Å². The van der Waals surface area contributed by atoms with Gasteiger partial charge in [0, 0.05) is 12.2 Å². The first-order valence-electron chi connectivity index (χ1n) is 8.30. The Morgan fingerprint density at radius 3 is 2.74 bits per heavy atom. The number of hydrogen-bond donors (Lipinski definition) is 2. The van der Waals surface area contributed by atoms with Crippen molar-refractivity contribution in [3.63, 3.8) is 0 Å². The summed E-state index contributed by atoms with van der Waals surface area (Å²) in [5.74, 6) is -0.564. The molecule has 3 rings (SSSR count). The van der Waals surface area contributed by atoms with Gasteiger partial charge < -0.3 is 15.2 Å². The molecule has 1 aliphatic heterocycles. The fourth-order valence-corrected chi connectivity index (χ4v) is 3.41. The number of nitrogens with one attached hydrogen (secondary N) is 1. The number of carboxylic acids is 1. The highest BCUT2D eigenvalue weighted by molar-refractivity contribution is 5.95. The zero-order valence-electron chi connectivity index (χ0n) is 13.2. The van der Waals surface area contributed by atoms with Crippen LogP contribution < -0.4 is 5.32 Å². The second-order valence-electron chi connectivity index (χ2n) is 6.71. The molecule has 1 heterocycles. The van der Waals surface area contributed by atoms with Crippen molar-refractivity contribution in [2.24, 2.45) is 0 Å². The second-order valence-corrected chi connectivity index (χ2v) is 6.71. The van der Waals surface area contributed by atoms with Gasteiger partial charge in [-0.1, -0.05) is 18.6 Å². The maximum atomic E-state index is 12.6. The highest BCUT2D eigenvalue weighted by atomic mass is 16.5. The zero-order chi connectivity index (χ0) is 16.3. The number of benzene rings is 1. The Morgan fingerprint density at radius 2 is 2.13 bits per heavy atom. The van der Waals surface area contributed by atoms with E-state index in [9.17, 15) is 9.59 Å². The molecule has 0 bridgehead atoms. The maximum absolute atomic E-state index is 12.6. The third kappa shape index (κ3) is 3.72. The minimum Gasteiger partial charge on any atom is -0.481 e. The SMILES string of the molecule is O=C(O)CC1(NC(=O)c2cccc(C3CCC3)c2)CCCOC1. The number of hydrogen-bond acceptors (Lipinski definition) is 3. The van der Waals surface area contributed by atoms with E-state index >= 15 is 0 Å². The van der Waals surface area contributed by atoms with Crippen LogP contribution in [0.1, 0.15) is 60.4 Å². The van der Waals surface area contributed by atoms with E-state index in [2.05, 4.69) is 11.4 Å². The standard InChI is InChI=1S/C18H23NO4/c20-16(21)11-18(8-3-9-23-12-18)19-17(22)15-7-2-6-14(10-15)13-4-1-5-13/h2,6-7,10,13H,1,3-5,8-9,11-12H2,(H,19,22)(H,20,21). The minimum atomic E-state index is -0.918. The van der Waals surface area contributed by atoms with Crippen molar-refractivity contribution >= 4 is 11.9 Å². The summed E-state index contributed by atoms with van der Waals surface area (Å²) < 4.78 is 5.43. The molecular formula is C18H23NO4. The molecule has 2 N–H and O–H groups in total. The number of rotatable bonds is 5. The maximum Gasteiger partial charge on any atom is 0.305 e. The molecule has 1 saturated carbocycles.